The maximum atomic E-state index is 15.0. The van der Waals surface area contributed by atoms with Gasteiger partial charge in [-0.25, -0.2) is 13.6 Å². The van der Waals surface area contributed by atoms with E-state index >= 15 is 4.39 Å². The molecule has 0 aliphatic carbocycles. The molecule has 3 aromatic rings. The Labute approximate surface area is 235 Å². The van der Waals surface area contributed by atoms with E-state index in [-0.39, 0.29) is 52.5 Å². The lowest BCUT2D eigenvalue weighted by molar-refractivity contribution is -0.128. The summed E-state index contributed by atoms with van der Waals surface area (Å²) in [6, 6.07) is 4.36. The number of hydrogen-bond acceptors (Lipinski definition) is 6. The molecule has 0 spiro atoms. The number of benzene rings is 2. The number of rotatable bonds is 5. The Balaban J connectivity index is 1.56. The molecule has 1 aromatic heterocycles. The van der Waals surface area contributed by atoms with Gasteiger partial charge in [-0.15, -0.1) is 0 Å². The maximum Gasteiger partial charge on any atom is 0.350 e. The first-order valence-corrected chi connectivity index (χ1v) is 13.8. The smallest absolute Gasteiger partial charge is 0.350 e. The zero-order chi connectivity index (χ0) is 28.3. The number of amides is 1. The number of nitrogens with zero attached hydrogens (tertiary/aromatic N) is 5. The fourth-order valence-electron chi connectivity index (χ4n) is 6.06. The third-order valence-corrected chi connectivity index (χ3v) is 8.51. The maximum absolute atomic E-state index is 15.0. The van der Waals surface area contributed by atoms with Crippen LogP contribution in [0.25, 0.3) is 22.0 Å². The SMILES string of the molecule is C=CC(=O)N1C[C@H](C)N(c2nc(=O)n3c4c(c(-c5ccc(F)cc5F)c(Cl)cc24)OCC3CN2CCC2)C[C@H]1C. The van der Waals surface area contributed by atoms with Crippen molar-refractivity contribution in [1.82, 2.24) is 19.4 Å². The Morgan fingerprint density at radius 1 is 1.20 bits per heavy atom. The minimum absolute atomic E-state index is 0.0837. The second-order valence-corrected chi connectivity index (χ2v) is 11.2. The molecule has 3 atom stereocenters. The monoisotopic (exact) mass is 569 g/mol. The molecule has 1 unspecified atom stereocenters. The zero-order valence-corrected chi connectivity index (χ0v) is 23.1. The first kappa shape index (κ1) is 26.7. The molecular formula is C29H30ClF2N5O3. The number of carbonyl (C=O) groups is 1. The van der Waals surface area contributed by atoms with Gasteiger partial charge < -0.3 is 19.4 Å². The van der Waals surface area contributed by atoms with Crippen molar-refractivity contribution in [1.29, 1.82) is 0 Å². The molecule has 6 rings (SSSR count). The van der Waals surface area contributed by atoms with Gasteiger partial charge in [-0.2, -0.15) is 4.98 Å². The highest BCUT2D eigenvalue weighted by Gasteiger charge is 2.37. The van der Waals surface area contributed by atoms with Gasteiger partial charge in [0.15, 0.2) is 5.75 Å². The molecule has 2 fully saturated rings. The van der Waals surface area contributed by atoms with Gasteiger partial charge in [0.25, 0.3) is 0 Å². The molecule has 40 heavy (non-hydrogen) atoms. The first-order valence-electron chi connectivity index (χ1n) is 13.5. The summed E-state index contributed by atoms with van der Waals surface area (Å²) in [4.78, 5) is 36.8. The quantitative estimate of drug-likeness (QED) is 0.428. The molecule has 3 aliphatic heterocycles. The Bertz CT molecular complexity index is 1590. The topological polar surface area (TPSA) is 70.9 Å². The number of carbonyl (C=O) groups excluding carboxylic acids is 1. The van der Waals surface area contributed by atoms with E-state index in [9.17, 15) is 14.0 Å². The lowest BCUT2D eigenvalue weighted by Crippen LogP contribution is -2.58. The zero-order valence-electron chi connectivity index (χ0n) is 22.4. The molecule has 3 aliphatic rings. The molecule has 0 saturated carbocycles. The van der Waals surface area contributed by atoms with Crippen LogP contribution in [-0.2, 0) is 4.79 Å². The van der Waals surface area contributed by atoms with E-state index in [0.717, 1.165) is 25.6 Å². The second kappa shape index (κ2) is 10.2. The van der Waals surface area contributed by atoms with Crippen molar-refractivity contribution in [2.45, 2.75) is 38.4 Å². The molecule has 210 valence electrons. The van der Waals surface area contributed by atoms with E-state index in [1.807, 2.05) is 18.7 Å². The minimum Gasteiger partial charge on any atom is -0.488 e. The van der Waals surface area contributed by atoms with Crippen molar-refractivity contribution >= 4 is 34.2 Å². The normalized spacial score (nSPS) is 22.7. The van der Waals surface area contributed by atoms with Crippen molar-refractivity contribution in [2.75, 3.05) is 44.2 Å². The van der Waals surface area contributed by atoms with E-state index in [0.29, 0.717) is 36.4 Å². The fraction of sp³-hybridized carbons (Fsp3) is 0.414. The standard InChI is InChI=1S/C29H30ClF2N5O3/c1-4-24(38)35-12-17(3)36(13-16(35)2)28-21-11-22(30)25(20-7-6-18(31)10-23(20)32)27-26(21)37(29(39)33-28)19(15-40-27)14-34-8-5-9-34/h4,6-7,10-11,16-17,19H,1,5,8-9,12-15H2,2-3H3/t16-,17+,19?/m1/s1. The Kier molecular flexibility index (Phi) is 6.78. The van der Waals surface area contributed by atoms with Crippen molar-refractivity contribution in [2.24, 2.45) is 0 Å². The first-order chi connectivity index (χ1) is 19.2. The summed E-state index contributed by atoms with van der Waals surface area (Å²) in [5, 5.41) is 0.797. The highest BCUT2D eigenvalue weighted by molar-refractivity contribution is 6.35. The van der Waals surface area contributed by atoms with Crippen LogP contribution in [0.15, 0.2) is 41.7 Å². The largest absolute Gasteiger partial charge is 0.488 e. The second-order valence-electron chi connectivity index (χ2n) is 10.8. The average molecular weight is 570 g/mol. The van der Waals surface area contributed by atoms with Gasteiger partial charge in [-0.1, -0.05) is 18.2 Å². The van der Waals surface area contributed by atoms with Crippen LogP contribution < -0.4 is 15.3 Å². The Morgan fingerprint density at radius 2 is 1.98 bits per heavy atom. The van der Waals surface area contributed by atoms with Crippen LogP contribution in [0.5, 0.6) is 5.75 Å². The number of piperazine rings is 1. The molecule has 11 heteroatoms. The van der Waals surface area contributed by atoms with Gasteiger partial charge in [0.2, 0.25) is 5.91 Å². The van der Waals surface area contributed by atoms with E-state index in [2.05, 4.69) is 16.5 Å². The number of ether oxygens (including phenoxy) is 1. The van der Waals surface area contributed by atoms with Crippen molar-refractivity contribution in [3.8, 4) is 16.9 Å². The van der Waals surface area contributed by atoms with Crippen LogP contribution in [0.4, 0.5) is 14.6 Å². The van der Waals surface area contributed by atoms with E-state index in [4.69, 9.17) is 16.3 Å². The van der Waals surface area contributed by atoms with E-state index in [1.165, 1.54) is 18.2 Å². The fourth-order valence-corrected chi connectivity index (χ4v) is 6.36. The predicted molar refractivity (Wildman–Crippen MR) is 150 cm³/mol. The van der Waals surface area contributed by atoms with Gasteiger partial charge in [0, 0.05) is 54.3 Å². The summed E-state index contributed by atoms with van der Waals surface area (Å²) in [6.07, 6.45) is 2.41. The van der Waals surface area contributed by atoms with E-state index in [1.54, 1.807) is 15.5 Å². The third-order valence-electron chi connectivity index (χ3n) is 8.22. The summed E-state index contributed by atoms with van der Waals surface area (Å²) in [5.74, 6) is -0.931. The number of aromatic nitrogens is 2. The van der Waals surface area contributed by atoms with Crippen molar-refractivity contribution in [3.63, 3.8) is 0 Å². The minimum atomic E-state index is -0.780. The molecule has 2 aromatic carbocycles. The summed E-state index contributed by atoms with van der Waals surface area (Å²) >= 11 is 6.82. The highest BCUT2D eigenvalue weighted by atomic mass is 35.5. The van der Waals surface area contributed by atoms with Crippen molar-refractivity contribution in [3.05, 3.63) is 64.1 Å². The molecule has 0 radical (unpaired) electrons. The van der Waals surface area contributed by atoms with Gasteiger partial charge in [-0.05, 0) is 57.6 Å². The number of likely N-dealkylation sites (tertiary alicyclic amines) is 1. The van der Waals surface area contributed by atoms with Crippen LogP contribution in [0.1, 0.15) is 26.3 Å². The number of anilines is 1. The van der Waals surface area contributed by atoms with Crippen molar-refractivity contribution < 1.29 is 18.3 Å². The summed E-state index contributed by atoms with van der Waals surface area (Å²) < 4.78 is 36.7. The molecule has 0 N–H and O–H groups in total. The van der Waals surface area contributed by atoms with Crippen LogP contribution in [0, 0.1) is 11.6 Å². The Morgan fingerprint density at radius 3 is 2.65 bits per heavy atom. The Hall–Kier alpha value is -3.50. The van der Waals surface area contributed by atoms with Crippen LogP contribution in [0.3, 0.4) is 0 Å². The predicted octanol–water partition coefficient (Wildman–Crippen LogP) is 4.25. The third kappa shape index (κ3) is 4.34. The molecule has 2 saturated heterocycles. The average Bonchev–Trinajstić information content (AvgIpc) is 2.89. The molecule has 0 bridgehead atoms. The molecular weight excluding hydrogens is 540 g/mol. The molecule has 4 heterocycles. The van der Waals surface area contributed by atoms with Crippen LogP contribution >= 0.6 is 11.6 Å². The molecule has 1 amide bonds. The van der Waals surface area contributed by atoms with Crippen LogP contribution in [-0.4, -0.2) is 76.7 Å². The van der Waals surface area contributed by atoms with Gasteiger partial charge in [0.05, 0.1) is 16.6 Å². The van der Waals surface area contributed by atoms with Gasteiger partial charge >= 0.3 is 5.69 Å². The lowest BCUT2D eigenvalue weighted by Gasteiger charge is -2.45. The van der Waals surface area contributed by atoms with Gasteiger partial charge in [-0.3, -0.25) is 9.36 Å². The number of halogens is 3. The van der Waals surface area contributed by atoms with E-state index < -0.39 is 17.3 Å². The summed E-state index contributed by atoms with van der Waals surface area (Å²) in [7, 11) is 0. The van der Waals surface area contributed by atoms with Crippen LogP contribution in [0.2, 0.25) is 5.02 Å². The summed E-state index contributed by atoms with van der Waals surface area (Å²) in [6.45, 7) is 11.1. The lowest BCUT2D eigenvalue weighted by atomic mass is 9.99. The number of hydrogen-bond donors (Lipinski definition) is 0. The summed E-state index contributed by atoms with van der Waals surface area (Å²) in [5.41, 5.74) is 0.400. The molecule has 8 nitrogen and oxygen atoms in total. The highest BCUT2D eigenvalue weighted by Crippen LogP contribution is 2.47. The van der Waals surface area contributed by atoms with Gasteiger partial charge in [0.1, 0.15) is 24.1 Å².